The van der Waals surface area contributed by atoms with Gasteiger partial charge in [0.2, 0.25) is 5.91 Å². The lowest BCUT2D eigenvalue weighted by molar-refractivity contribution is -0.121. The fraction of sp³-hybridized carbons (Fsp3) is 0.577. The molecule has 4 atom stereocenters. The molecule has 1 aromatic carbocycles. The van der Waals surface area contributed by atoms with Crippen molar-refractivity contribution in [3.8, 4) is 6.07 Å². The van der Waals surface area contributed by atoms with Crippen molar-refractivity contribution in [1.29, 1.82) is 5.26 Å². The maximum absolute atomic E-state index is 14.5. The number of nitrogens with zero attached hydrogens (tertiary/aromatic N) is 3. The summed E-state index contributed by atoms with van der Waals surface area (Å²) in [5.74, 6) is -0.151. The summed E-state index contributed by atoms with van der Waals surface area (Å²) in [7, 11) is 0. The van der Waals surface area contributed by atoms with Crippen LogP contribution in [-0.4, -0.2) is 67.0 Å². The predicted molar refractivity (Wildman–Crippen MR) is 128 cm³/mol. The van der Waals surface area contributed by atoms with Crippen LogP contribution in [0.4, 0.5) is 4.39 Å². The molecular formula is C26H28ClFN4O3. The first kappa shape index (κ1) is 23.1. The molecule has 3 saturated heterocycles. The minimum Gasteiger partial charge on any atom is -0.381 e. The Morgan fingerprint density at radius 1 is 1.23 bits per heavy atom. The highest BCUT2D eigenvalue weighted by Crippen LogP contribution is 2.68. The van der Waals surface area contributed by atoms with Gasteiger partial charge in [0.05, 0.1) is 37.0 Å². The van der Waals surface area contributed by atoms with Crippen molar-refractivity contribution >= 4 is 28.3 Å². The van der Waals surface area contributed by atoms with Crippen molar-refractivity contribution in [1.82, 2.24) is 9.88 Å². The van der Waals surface area contributed by atoms with Gasteiger partial charge in [0.15, 0.2) is 11.7 Å². The lowest BCUT2D eigenvalue weighted by Crippen LogP contribution is -2.56. The lowest BCUT2D eigenvalue weighted by Gasteiger charge is -2.41. The number of benzene rings is 1. The molecular weight excluding hydrogens is 471 g/mol. The van der Waals surface area contributed by atoms with Gasteiger partial charge in [0.1, 0.15) is 0 Å². The van der Waals surface area contributed by atoms with Crippen LogP contribution < -0.4 is 5.73 Å². The second-order valence-corrected chi connectivity index (χ2v) is 11.0. The number of nitrogens with two attached hydrogens (primary N) is 1. The molecule has 1 aromatic heterocycles. The van der Waals surface area contributed by atoms with Gasteiger partial charge < -0.3 is 15.2 Å². The molecule has 9 heteroatoms. The highest BCUT2D eigenvalue weighted by Gasteiger charge is 2.73. The van der Waals surface area contributed by atoms with Gasteiger partial charge in [-0.1, -0.05) is 11.6 Å². The largest absolute Gasteiger partial charge is 0.381 e. The second-order valence-electron chi connectivity index (χ2n) is 10.6. The van der Waals surface area contributed by atoms with Crippen molar-refractivity contribution in [2.75, 3.05) is 39.5 Å². The van der Waals surface area contributed by atoms with E-state index in [1.165, 1.54) is 0 Å². The number of aromatic nitrogens is 1. The molecule has 2 aromatic rings. The molecule has 4 aliphatic rings. The van der Waals surface area contributed by atoms with E-state index in [-0.39, 0.29) is 30.5 Å². The van der Waals surface area contributed by atoms with Crippen LogP contribution in [0.5, 0.6) is 0 Å². The molecule has 3 aliphatic heterocycles. The summed E-state index contributed by atoms with van der Waals surface area (Å²) in [6.45, 7) is 2.46. The Kier molecular flexibility index (Phi) is 5.35. The van der Waals surface area contributed by atoms with Crippen LogP contribution in [-0.2, 0) is 19.7 Å². The van der Waals surface area contributed by atoms with Gasteiger partial charge >= 0.3 is 0 Å². The van der Waals surface area contributed by atoms with Gasteiger partial charge in [0.25, 0.3) is 0 Å². The summed E-state index contributed by atoms with van der Waals surface area (Å²) in [4.78, 5) is 19.2. The number of likely N-dealkylation sites (tertiary alicyclic amines) is 1. The number of pyridine rings is 1. The zero-order chi connectivity index (χ0) is 24.4. The first-order chi connectivity index (χ1) is 16.8. The zero-order valence-corrected chi connectivity index (χ0v) is 20.2. The van der Waals surface area contributed by atoms with E-state index in [1.807, 2.05) is 17.0 Å². The molecule has 4 heterocycles. The molecule has 1 aliphatic carbocycles. The molecule has 0 radical (unpaired) electrons. The maximum atomic E-state index is 14.5. The lowest BCUT2D eigenvalue weighted by atomic mass is 9.84. The van der Waals surface area contributed by atoms with Crippen LogP contribution in [0.2, 0.25) is 5.02 Å². The molecule has 7 nitrogen and oxygen atoms in total. The van der Waals surface area contributed by atoms with E-state index in [9.17, 15) is 14.4 Å². The van der Waals surface area contributed by atoms with E-state index in [4.69, 9.17) is 26.8 Å². The van der Waals surface area contributed by atoms with Crippen LogP contribution in [0.3, 0.4) is 0 Å². The fourth-order valence-electron chi connectivity index (χ4n) is 6.71. The first-order valence-corrected chi connectivity index (χ1v) is 12.6. The number of hydrogen-bond acceptors (Lipinski definition) is 6. The van der Waals surface area contributed by atoms with Gasteiger partial charge in [-0.25, -0.2) is 4.39 Å². The number of halogens is 2. The molecule has 4 unspecified atom stereocenters. The molecule has 2 N–H and O–H groups in total. The molecule has 4 fully saturated rings. The summed E-state index contributed by atoms with van der Waals surface area (Å²) < 4.78 is 25.4. The Morgan fingerprint density at radius 3 is 2.66 bits per heavy atom. The molecule has 35 heavy (non-hydrogen) atoms. The minimum absolute atomic E-state index is 0.0272. The molecule has 1 amide bonds. The Hall–Kier alpha value is -2.31. The summed E-state index contributed by atoms with van der Waals surface area (Å²) >= 11 is 6.70. The number of carbonyl (C=O) groups is 1. The average molecular weight is 499 g/mol. The monoisotopic (exact) mass is 498 g/mol. The normalized spacial score (nSPS) is 35.5. The third-order valence-corrected chi connectivity index (χ3v) is 9.31. The average Bonchev–Trinajstić information content (AvgIpc) is 3.10. The maximum Gasteiger partial charge on any atom is 0.230 e. The third kappa shape index (κ3) is 3.25. The SMILES string of the molecule is N#CC1(N2CCC(c3cc4cc(C5(C(N)=O)CC56CCOC6)ncc4cc3Cl)CC2)COCC1F. The predicted octanol–water partition coefficient (Wildman–Crippen LogP) is 3.23. The number of alkyl halides is 1. The Labute approximate surface area is 208 Å². The molecule has 0 bridgehead atoms. The molecule has 1 spiro atoms. The van der Waals surface area contributed by atoms with E-state index in [2.05, 4.69) is 17.1 Å². The Bertz CT molecular complexity index is 1240. The molecule has 1 saturated carbocycles. The van der Waals surface area contributed by atoms with Crippen molar-refractivity contribution < 1.29 is 18.7 Å². The topological polar surface area (TPSA) is 101 Å². The number of rotatable bonds is 4. The second kappa shape index (κ2) is 8.10. The number of primary amides is 1. The van der Waals surface area contributed by atoms with Gasteiger partial charge in [-0.3, -0.25) is 14.7 Å². The first-order valence-electron chi connectivity index (χ1n) is 12.2. The van der Waals surface area contributed by atoms with Crippen molar-refractivity contribution in [3.05, 3.63) is 40.7 Å². The number of ether oxygens (including phenoxy) is 2. The van der Waals surface area contributed by atoms with E-state index in [0.29, 0.717) is 43.4 Å². The number of carbonyl (C=O) groups excluding carboxylic acids is 1. The standard InChI is InChI=1S/C26H28ClFN4O3/c27-20-8-18-10-31-22(26(23(30)33)12-24(26)3-6-34-14-24)9-17(18)7-19(20)16-1-4-32(5-2-16)25(13-29)15-35-11-21(25)28/h7-10,16,21H,1-6,11-12,14-15H2,(H2,30,33). The Morgan fingerprint density at radius 2 is 2.03 bits per heavy atom. The Balaban J connectivity index is 1.28. The van der Waals surface area contributed by atoms with Crippen LogP contribution >= 0.6 is 11.6 Å². The number of piperidine rings is 1. The van der Waals surface area contributed by atoms with Gasteiger partial charge in [-0.05, 0) is 60.7 Å². The van der Waals surface area contributed by atoms with Crippen molar-refractivity contribution in [2.45, 2.75) is 48.7 Å². The highest BCUT2D eigenvalue weighted by atomic mass is 35.5. The summed E-state index contributed by atoms with van der Waals surface area (Å²) in [5.41, 5.74) is 5.44. The number of hydrogen-bond donors (Lipinski definition) is 1. The van der Waals surface area contributed by atoms with E-state index >= 15 is 0 Å². The van der Waals surface area contributed by atoms with Crippen LogP contribution in [0.1, 0.15) is 42.9 Å². The third-order valence-electron chi connectivity index (χ3n) is 8.98. The van der Waals surface area contributed by atoms with Crippen LogP contribution in [0.25, 0.3) is 10.8 Å². The number of nitriles is 1. The number of fused-ring (bicyclic) bond motifs is 1. The highest BCUT2D eigenvalue weighted by molar-refractivity contribution is 6.32. The van der Waals surface area contributed by atoms with Gasteiger partial charge in [0, 0.05) is 41.7 Å². The summed E-state index contributed by atoms with van der Waals surface area (Å²) in [6.07, 6.45) is 3.50. The minimum atomic E-state index is -1.30. The smallest absolute Gasteiger partial charge is 0.230 e. The van der Waals surface area contributed by atoms with E-state index in [0.717, 1.165) is 35.6 Å². The zero-order valence-electron chi connectivity index (χ0n) is 19.4. The van der Waals surface area contributed by atoms with Crippen molar-refractivity contribution in [3.63, 3.8) is 0 Å². The fourth-order valence-corrected chi connectivity index (χ4v) is 7.04. The van der Waals surface area contributed by atoms with Crippen molar-refractivity contribution in [2.24, 2.45) is 11.1 Å². The molecule has 184 valence electrons. The number of amides is 1. The summed E-state index contributed by atoms with van der Waals surface area (Å²) in [6, 6.07) is 8.19. The van der Waals surface area contributed by atoms with E-state index < -0.39 is 17.1 Å². The van der Waals surface area contributed by atoms with Crippen LogP contribution in [0, 0.1) is 16.7 Å². The van der Waals surface area contributed by atoms with Crippen LogP contribution in [0.15, 0.2) is 24.4 Å². The van der Waals surface area contributed by atoms with E-state index in [1.54, 1.807) is 6.20 Å². The quantitative estimate of drug-likeness (QED) is 0.694. The summed E-state index contributed by atoms with van der Waals surface area (Å²) in [5, 5.41) is 12.3. The van der Waals surface area contributed by atoms with Gasteiger partial charge in [-0.2, -0.15) is 5.26 Å². The van der Waals surface area contributed by atoms with Gasteiger partial charge in [-0.15, -0.1) is 0 Å². The molecule has 6 rings (SSSR count).